The summed E-state index contributed by atoms with van der Waals surface area (Å²) < 4.78 is 24.9. The SMILES string of the molecule is Cc1cc(C)c(CCNC(=O)c2cccc(NS(C)(=O)=O)c2)c(C)c1. The number of rotatable bonds is 6. The largest absolute Gasteiger partial charge is 0.352 e. The molecule has 0 aliphatic heterocycles. The molecule has 0 aliphatic rings. The minimum absolute atomic E-state index is 0.223. The van der Waals surface area contributed by atoms with Crippen molar-refractivity contribution in [3.8, 4) is 0 Å². The van der Waals surface area contributed by atoms with Gasteiger partial charge in [0.15, 0.2) is 0 Å². The van der Waals surface area contributed by atoms with Gasteiger partial charge in [-0.1, -0.05) is 23.8 Å². The molecule has 0 unspecified atom stereocenters. The molecular formula is C19H24N2O3S. The summed E-state index contributed by atoms with van der Waals surface area (Å²) in [5.41, 5.74) is 5.74. The average Bonchev–Trinajstić information content (AvgIpc) is 2.48. The van der Waals surface area contributed by atoms with Crippen molar-refractivity contribution in [2.24, 2.45) is 0 Å². The van der Waals surface area contributed by atoms with E-state index in [4.69, 9.17) is 0 Å². The van der Waals surface area contributed by atoms with Crippen LogP contribution >= 0.6 is 0 Å². The fraction of sp³-hybridized carbons (Fsp3) is 0.316. The quantitative estimate of drug-likeness (QED) is 0.832. The summed E-state index contributed by atoms with van der Waals surface area (Å²) in [4.78, 5) is 12.3. The maximum atomic E-state index is 12.3. The lowest BCUT2D eigenvalue weighted by atomic mass is 9.97. The fourth-order valence-corrected chi connectivity index (χ4v) is 3.50. The molecule has 6 heteroatoms. The molecule has 2 rings (SSSR count). The third-order valence-electron chi connectivity index (χ3n) is 3.93. The summed E-state index contributed by atoms with van der Waals surface area (Å²) in [7, 11) is -3.37. The highest BCUT2D eigenvalue weighted by Gasteiger charge is 2.09. The molecule has 5 nitrogen and oxygen atoms in total. The highest BCUT2D eigenvalue weighted by Crippen LogP contribution is 2.17. The molecular weight excluding hydrogens is 336 g/mol. The van der Waals surface area contributed by atoms with Crippen molar-refractivity contribution in [1.29, 1.82) is 0 Å². The van der Waals surface area contributed by atoms with Crippen LogP contribution in [-0.2, 0) is 16.4 Å². The zero-order chi connectivity index (χ0) is 18.6. The Morgan fingerprint density at radius 1 is 1.04 bits per heavy atom. The summed E-state index contributed by atoms with van der Waals surface area (Å²) in [6.07, 6.45) is 1.83. The monoisotopic (exact) mass is 360 g/mol. The van der Waals surface area contributed by atoms with Crippen LogP contribution in [0.5, 0.6) is 0 Å². The lowest BCUT2D eigenvalue weighted by molar-refractivity contribution is 0.0954. The lowest BCUT2D eigenvalue weighted by Gasteiger charge is -2.12. The molecule has 0 aromatic heterocycles. The van der Waals surface area contributed by atoms with Crippen LogP contribution in [0.3, 0.4) is 0 Å². The van der Waals surface area contributed by atoms with Gasteiger partial charge in [0.1, 0.15) is 0 Å². The Morgan fingerprint density at radius 2 is 1.68 bits per heavy atom. The molecule has 2 aromatic carbocycles. The molecule has 0 spiro atoms. The number of aryl methyl sites for hydroxylation is 3. The predicted octanol–water partition coefficient (Wildman–Crippen LogP) is 2.96. The molecule has 0 fully saturated rings. The van der Waals surface area contributed by atoms with Crippen LogP contribution in [0.2, 0.25) is 0 Å². The summed E-state index contributed by atoms with van der Waals surface area (Å²) in [6.45, 7) is 6.76. The van der Waals surface area contributed by atoms with Crippen molar-refractivity contribution in [3.63, 3.8) is 0 Å². The van der Waals surface area contributed by atoms with Gasteiger partial charge in [0.2, 0.25) is 10.0 Å². The van der Waals surface area contributed by atoms with Crippen molar-refractivity contribution in [1.82, 2.24) is 5.32 Å². The second-order valence-electron chi connectivity index (χ2n) is 6.34. The second-order valence-corrected chi connectivity index (χ2v) is 8.09. The summed E-state index contributed by atoms with van der Waals surface area (Å²) in [5.74, 6) is -0.223. The van der Waals surface area contributed by atoms with Crippen molar-refractivity contribution in [3.05, 3.63) is 64.2 Å². The standard InChI is InChI=1S/C19H24N2O3S/c1-13-10-14(2)18(15(3)11-13)8-9-20-19(22)16-6-5-7-17(12-16)21-25(4,23)24/h5-7,10-12,21H,8-9H2,1-4H3,(H,20,22). The van der Waals surface area contributed by atoms with E-state index in [0.29, 0.717) is 17.8 Å². The Morgan fingerprint density at radius 3 is 2.28 bits per heavy atom. The molecule has 1 amide bonds. The van der Waals surface area contributed by atoms with Gasteiger partial charge < -0.3 is 5.32 Å². The van der Waals surface area contributed by atoms with Crippen LogP contribution in [0, 0.1) is 20.8 Å². The minimum atomic E-state index is -3.37. The van der Waals surface area contributed by atoms with Gasteiger partial charge in [0.05, 0.1) is 6.26 Å². The van der Waals surface area contributed by atoms with Gasteiger partial charge in [0, 0.05) is 17.8 Å². The number of amides is 1. The van der Waals surface area contributed by atoms with Gasteiger partial charge in [-0.05, 0) is 62.1 Å². The zero-order valence-corrected chi connectivity index (χ0v) is 15.8. The molecule has 0 atom stereocenters. The summed E-state index contributed by atoms with van der Waals surface area (Å²) in [6, 6.07) is 10.7. The van der Waals surface area contributed by atoms with Gasteiger partial charge in [-0.25, -0.2) is 8.42 Å². The smallest absolute Gasteiger partial charge is 0.251 e. The number of carbonyl (C=O) groups is 1. The van der Waals surface area contributed by atoms with E-state index < -0.39 is 10.0 Å². The van der Waals surface area contributed by atoms with Crippen molar-refractivity contribution in [2.75, 3.05) is 17.5 Å². The first-order chi connectivity index (χ1) is 11.7. The van der Waals surface area contributed by atoms with Crippen molar-refractivity contribution >= 4 is 21.6 Å². The third kappa shape index (κ3) is 5.60. The number of hydrogen-bond donors (Lipinski definition) is 2. The first kappa shape index (κ1) is 19.0. The van der Waals surface area contributed by atoms with E-state index in [1.165, 1.54) is 28.3 Å². The van der Waals surface area contributed by atoms with Gasteiger partial charge in [-0.3, -0.25) is 9.52 Å². The lowest BCUT2D eigenvalue weighted by Crippen LogP contribution is -2.26. The predicted molar refractivity (Wildman–Crippen MR) is 102 cm³/mol. The van der Waals surface area contributed by atoms with Gasteiger partial charge in [-0.15, -0.1) is 0 Å². The Balaban J connectivity index is 2.00. The minimum Gasteiger partial charge on any atom is -0.352 e. The van der Waals surface area contributed by atoms with Crippen LogP contribution < -0.4 is 10.0 Å². The maximum Gasteiger partial charge on any atom is 0.251 e. The normalized spacial score (nSPS) is 11.2. The number of hydrogen-bond acceptors (Lipinski definition) is 3. The maximum absolute atomic E-state index is 12.3. The van der Waals surface area contributed by atoms with E-state index in [2.05, 4.69) is 42.9 Å². The molecule has 2 N–H and O–H groups in total. The Bertz CT molecular complexity index is 866. The van der Waals surface area contributed by atoms with E-state index in [1.54, 1.807) is 18.2 Å². The van der Waals surface area contributed by atoms with Crippen LogP contribution in [0.4, 0.5) is 5.69 Å². The molecule has 134 valence electrons. The van der Waals surface area contributed by atoms with E-state index in [1.807, 2.05) is 0 Å². The fourth-order valence-electron chi connectivity index (χ4n) is 2.95. The highest BCUT2D eigenvalue weighted by atomic mass is 32.2. The number of anilines is 1. The first-order valence-corrected chi connectivity index (χ1v) is 9.97. The number of sulfonamides is 1. The zero-order valence-electron chi connectivity index (χ0n) is 15.0. The molecule has 0 radical (unpaired) electrons. The Labute approximate surface area is 149 Å². The van der Waals surface area contributed by atoms with E-state index in [0.717, 1.165) is 12.7 Å². The second kappa shape index (κ2) is 7.70. The van der Waals surface area contributed by atoms with Crippen molar-refractivity contribution in [2.45, 2.75) is 27.2 Å². The molecule has 0 saturated carbocycles. The Hall–Kier alpha value is -2.34. The van der Waals surface area contributed by atoms with Crippen molar-refractivity contribution < 1.29 is 13.2 Å². The molecule has 2 aromatic rings. The molecule has 0 bridgehead atoms. The van der Waals surface area contributed by atoms with Crippen LogP contribution in [-0.4, -0.2) is 27.1 Å². The first-order valence-electron chi connectivity index (χ1n) is 8.08. The molecule has 0 aliphatic carbocycles. The van der Waals surface area contributed by atoms with Gasteiger partial charge in [0.25, 0.3) is 5.91 Å². The van der Waals surface area contributed by atoms with E-state index >= 15 is 0 Å². The average molecular weight is 360 g/mol. The van der Waals surface area contributed by atoms with Crippen LogP contribution in [0.1, 0.15) is 32.6 Å². The van der Waals surface area contributed by atoms with Crippen LogP contribution in [0.25, 0.3) is 0 Å². The van der Waals surface area contributed by atoms with Crippen LogP contribution in [0.15, 0.2) is 36.4 Å². The van der Waals surface area contributed by atoms with E-state index in [-0.39, 0.29) is 5.91 Å². The third-order valence-corrected chi connectivity index (χ3v) is 4.54. The topological polar surface area (TPSA) is 75.3 Å². The van der Waals surface area contributed by atoms with Gasteiger partial charge >= 0.3 is 0 Å². The van der Waals surface area contributed by atoms with E-state index in [9.17, 15) is 13.2 Å². The number of carbonyl (C=O) groups excluding carboxylic acids is 1. The van der Waals surface area contributed by atoms with Gasteiger partial charge in [-0.2, -0.15) is 0 Å². The molecule has 0 saturated heterocycles. The molecule has 0 heterocycles. The highest BCUT2D eigenvalue weighted by molar-refractivity contribution is 7.92. The Kier molecular flexibility index (Phi) is 5.85. The summed E-state index contributed by atoms with van der Waals surface area (Å²) in [5, 5.41) is 2.89. The number of benzene rings is 2. The summed E-state index contributed by atoms with van der Waals surface area (Å²) >= 11 is 0. The number of nitrogens with one attached hydrogen (secondary N) is 2. The molecule has 25 heavy (non-hydrogen) atoms.